The summed E-state index contributed by atoms with van der Waals surface area (Å²) in [4.78, 5) is 7.41. The maximum absolute atomic E-state index is 5.52. The number of aromatic nitrogens is 2. The third-order valence-corrected chi connectivity index (χ3v) is 2.02. The van der Waals surface area contributed by atoms with Crippen molar-refractivity contribution in [3.63, 3.8) is 0 Å². The van der Waals surface area contributed by atoms with Crippen LogP contribution < -0.4 is 11.5 Å². The van der Waals surface area contributed by atoms with Crippen molar-refractivity contribution >= 4 is 11.0 Å². The summed E-state index contributed by atoms with van der Waals surface area (Å²) in [7, 11) is 0. The summed E-state index contributed by atoms with van der Waals surface area (Å²) in [5.41, 5.74) is 14.0. The number of nitrogens with one attached hydrogen (secondary N) is 1. The van der Waals surface area contributed by atoms with Gasteiger partial charge in [-0.25, -0.2) is 4.98 Å². The van der Waals surface area contributed by atoms with E-state index in [4.69, 9.17) is 11.5 Å². The Balaban J connectivity index is 2.57. The Morgan fingerprint density at radius 3 is 2.77 bits per heavy atom. The zero-order chi connectivity index (χ0) is 9.26. The van der Waals surface area contributed by atoms with Crippen molar-refractivity contribution in [1.82, 2.24) is 9.97 Å². The fourth-order valence-corrected chi connectivity index (χ4v) is 1.33. The van der Waals surface area contributed by atoms with E-state index in [0.717, 1.165) is 22.4 Å². The maximum atomic E-state index is 5.52. The number of nitrogens with two attached hydrogens (primary N) is 2. The highest BCUT2D eigenvalue weighted by Crippen LogP contribution is 2.13. The quantitative estimate of drug-likeness (QED) is 0.622. The summed E-state index contributed by atoms with van der Waals surface area (Å²) in [6, 6.07) is 5.93. The second-order valence-corrected chi connectivity index (χ2v) is 2.94. The molecule has 5 N–H and O–H groups in total. The molecule has 1 aromatic heterocycles. The maximum Gasteiger partial charge on any atom is 0.121 e. The summed E-state index contributed by atoms with van der Waals surface area (Å²) >= 11 is 0. The minimum atomic E-state index is 0.437. The van der Waals surface area contributed by atoms with Crippen LogP contribution in [0.1, 0.15) is 11.4 Å². The molecule has 0 saturated heterocycles. The smallest absolute Gasteiger partial charge is 0.121 e. The van der Waals surface area contributed by atoms with Crippen molar-refractivity contribution in [2.75, 3.05) is 0 Å². The molecule has 1 heterocycles. The van der Waals surface area contributed by atoms with Crippen LogP contribution in [0.25, 0.3) is 11.0 Å². The van der Waals surface area contributed by atoms with E-state index in [9.17, 15) is 0 Å². The molecule has 0 saturated carbocycles. The van der Waals surface area contributed by atoms with Gasteiger partial charge in [-0.3, -0.25) is 0 Å². The molecule has 4 nitrogen and oxygen atoms in total. The zero-order valence-electron chi connectivity index (χ0n) is 7.25. The molecule has 0 aliphatic carbocycles. The van der Waals surface area contributed by atoms with Crippen LogP contribution in [0, 0.1) is 0 Å². The summed E-state index contributed by atoms with van der Waals surface area (Å²) in [5.74, 6) is 0.809. The molecule has 0 aliphatic heterocycles. The number of hydrogen-bond donors (Lipinski definition) is 3. The van der Waals surface area contributed by atoms with Crippen molar-refractivity contribution in [2.45, 2.75) is 13.1 Å². The standard InChI is InChI=1S/C9H12N4/c10-4-6-1-2-7-8(3-6)13-9(5-11)12-7/h1-3H,4-5,10-11H2,(H,12,13). The van der Waals surface area contributed by atoms with Crippen molar-refractivity contribution in [3.8, 4) is 0 Å². The largest absolute Gasteiger partial charge is 0.341 e. The van der Waals surface area contributed by atoms with E-state index in [1.807, 2.05) is 18.2 Å². The average Bonchev–Trinajstić information content (AvgIpc) is 2.58. The molecule has 68 valence electrons. The number of fused-ring (bicyclic) bond motifs is 1. The van der Waals surface area contributed by atoms with Gasteiger partial charge in [0, 0.05) is 6.54 Å². The lowest BCUT2D eigenvalue weighted by Crippen LogP contribution is -1.97. The van der Waals surface area contributed by atoms with Gasteiger partial charge < -0.3 is 16.5 Å². The number of nitrogens with zero attached hydrogens (tertiary/aromatic N) is 1. The molecule has 0 amide bonds. The summed E-state index contributed by atoms with van der Waals surface area (Å²) in [6.45, 7) is 0.986. The van der Waals surface area contributed by atoms with Crippen LogP contribution in [0.5, 0.6) is 0 Å². The SMILES string of the molecule is NCc1ccc2nc(CN)[nH]c2c1. The fourth-order valence-electron chi connectivity index (χ4n) is 1.33. The van der Waals surface area contributed by atoms with Crippen molar-refractivity contribution in [1.29, 1.82) is 0 Å². The first kappa shape index (κ1) is 8.22. The van der Waals surface area contributed by atoms with Crippen LogP contribution in [0.4, 0.5) is 0 Å². The van der Waals surface area contributed by atoms with Gasteiger partial charge in [-0.1, -0.05) is 6.07 Å². The first-order valence-corrected chi connectivity index (χ1v) is 4.21. The highest BCUT2D eigenvalue weighted by Gasteiger charge is 2.00. The number of rotatable bonds is 2. The van der Waals surface area contributed by atoms with Crippen molar-refractivity contribution in [3.05, 3.63) is 29.6 Å². The van der Waals surface area contributed by atoms with E-state index < -0.39 is 0 Å². The van der Waals surface area contributed by atoms with Gasteiger partial charge in [0.2, 0.25) is 0 Å². The Morgan fingerprint density at radius 2 is 2.08 bits per heavy atom. The van der Waals surface area contributed by atoms with E-state index in [1.54, 1.807) is 0 Å². The highest BCUT2D eigenvalue weighted by atomic mass is 14.9. The van der Waals surface area contributed by atoms with E-state index in [-0.39, 0.29) is 0 Å². The minimum Gasteiger partial charge on any atom is -0.341 e. The number of H-pyrrole nitrogens is 1. The van der Waals surface area contributed by atoms with Crippen molar-refractivity contribution < 1.29 is 0 Å². The third kappa shape index (κ3) is 1.41. The lowest BCUT2D eigenvalue weighted by atomic mass is 10.2. The van der Waals surface area contributed by atoms with Gasteiger partial charge in [-0.2, -0.15) is 0 Å². The van der Waals surface area contributed by atoms with E-state index in [1.165, 1.54) is 0 Å². The zero-order valence-corrected chi connectivity index (χ0v) is 7.25. The lowest BCUT2D eigenvalue weighted by molar-refractivity contribution is 0.958. The average molecular weight is 176 g/mol. The van der Waals surface area contributed by atoms with Gasteiger partial charge >= 0.3 is 0 Å². The molecule has 0 atom stereocenters. The topological polar surface area (TPSA) is 80.7 Å². The monoisotopic (exact) mass is 176 g/mol. The summed E-state index contributed by atoms with van der Waals surface area (Å²) in [5, 5.41) is 0. The molecule has 0 spiro atoms. The van der Waals surface area contributed by atoms with Gasteiger partial charge in [0.1, 0.15) is 5.82 Å². The Labute approximate surface area is 76.0 Å². The first-order valence-electron chi connectivity index (χ1n) is 4.21. The van der Waals surface area contributed by atoms with E-state index in [0.29, 0.717) is 13.1 Å². The van der Waals surface area contributed by atoms with Gasteiger partial charge in [-0.05, 0) is 17.7 Å². The number of hydrogen-bond acceptors (Lipinski definition) is 3. The molecular formula is C9H12N4. The number of aromatic amines is 1. The summed E-state index contributed by atoms with van der Waals surface area (Å²) in [6.07, 6.45) is 0. The number of imidazole rings is 1. The Kier molecular flexibility index (Phi) is 2.00. The van der Waals surface area contributed by atoms with Crippen LogP contribution in [-0.2, 0) is 13.1 Å². The molecule has 0 unspecified atom stereocenters. The molecule has 0 fully saturated rings. The molecule has 2 rings (SSSR count). The molecule has 1 aromatic carbocycles. The normalized spacial score (nSPS) is 10.9. The molecule has 0 aliphatic rings. The molecule has 0 bridgehead atoms. The van der Waals surface area contributed by atoms with Gasteiger partial charge in [0.25, 0.3) is 0 Å². The first-order chi connectivity index (χ1) is 6.33. The predicted molar refractivity (Wildman–Crippen MR) is 51.9 cm³/mol. The third-order valence-electron chi connectivity index (χ3n) is 2.02. The van der Waals surface area contributed by atoms with Crippen LogP contribution >= 0.6 is 0 Å². The molecule has 13 heavy (non-hydrogen) atoms. The van der Waals surface area contributed by atoms with Crippen molar-refractivity contribution in [2.24, 2.45) is 11.5 Å². The van der Waals surface area contributed by atoms with Gasteiger partial charge in [0.05, 0.1) is 17.6 Å². The van der Waals surface area contributed by atoms with Gasteiger partial charge in [-0.15, -0.1) is 0 Å². The second-order valence-electron chi connectivity index (χ2n) is 2.94. The fraction of sp³-hybridized carbons (Fsp3) is 0.222. The van der Waals surface area contributed by atoms with Crippen LogP contribution in [-0.4, -0.2) is 9.97 Å². The molecular weight excluding hydrogens is 164 g/mol. The number of benzene rings is 1. The summed E-state index contributed by atoms with van der Waals surface area (Å²) < 4.78 is 0. The molecule has 0 radical (unpaired) electrons. The van der Waals surface area contributed by atoms with E-state index >= 15 is 0 Å². The van der Waals surface area contributed by atoms with Crippen LogP contribution in [0.2, 0.25) is 0 Å². The molecule has 2 aromatic rings. The highest BCUT2D eigenvalue weighted by molar-refractivity contribution is 5.75. The van der Waals surface area contributed by atoms with E-state index in [2.05, 4.69) is 9.97 Å². The van der Waals surface area contributed by atoms with Crippen LogP contribution in [0.15, 0.2) is 18.2 Å². The Hall–Kier alpha value is -1.39. The van der Waals surface area contributed by atoms with Crippen LogP contribution in [0.3, 0.4) is 0 Å². The molecule has 4 heteroatoms. The predicted octanol–water partition coefficient (Wildman–Crippen LogP) is 0.480. The second kappa shape index (κ2) is 3.16. The van der Waals surface area contributed by atoms with Gasteiger partial charge in [0.15, 0.2) is 0 Å². The Morgan fingerprint density at radius 1 is 1.23 bits per heavy atom. The lowest BCUT2D eigenvalue weighted by Gasteiger charge is -1.94. The minimum absolute atomic E-state index is 0.437. The Bertz CT molecular complexity index is 416.